The Hall–Kier alpha value is -0.160. The second-order valence-electron chi connectivity index (χ2n) is 4.87. The van der Waals surface area contributed by atoms with Crippen LogP contribution in [0.3, 0.4) is 0 Å². The minimum Gasteiger partial charge on any atom is -0.392 e. The highest BCUT2D eigenvalue weighted by molar-refractivity contribution is 4.88. The third-order valence-electron chi connectivity index (χ3n) is 3.90. The van der Waals surface area contributed by atoms with E-state index in [-0.39, 0.29) is 6.10 Å². The molecule has 88 valence electrons. The third kappa shape index (κ3) is 2.50. The first kappa shape index (κ1) is 11.3. The molecule has 2 N–H and O–H groups in total. The minimum atomic E-state index is -0.220. The molecular weight excluding hydrogens is 190 g/mol. The summed E-state index contributed by atoms with van der Waals surface area (Å²) in [5.41, 5.74) is 0. The summed E-state index contributed by atoms with van der Waals surface area (Å²) in [6.07, 6.45) is -0.220. The molecule has 2 atom stereocenters. The van der Waals surface area contributed by atoms with Crippen LogP contribution >= 0.6 is 0 Å². The maximum Gasteiger partial charge on any atom is 0.0664 e. The van der Waals surface area contributed by atoms with Crippen LogP contribution in [-0.4, -0.2) is 72.4 Å². The predicted octanol–water partition coefficient (Wildman–Crippen LogP) is -0.655. The maximum atomic E-state index is 9.54. The van der Waals surface area contributed by atoms with Gasteiger partial charge in [0.05, 0.1) is 6.10 Å². The van der Waals surface area contributed by atoms with Gasteiger partial charge in [-0.3, -0.25) is 9.80 Å². The predicted molar refractivity (Wildman–Crippen MR) is 60.9 cm³/mol. The average molecular weight is 213 g/mol. The number of aliphatic hydroxyl groups is 1. The molecule has 0 radical (unpaired) electrons. The fraction of sp³-hybridized carbons (Fsp3) is 1.00. The van der Waals surface area contributed by atoms with Gasteiger partial charge in [-0.1, -0.05) is 0 Å². The van der Waals surface area contributed by atoms with Gasteiger partial charge < -0.3 is 10.4 Å². The van der Waals surface area contributed by atoms with Gasteiger partial charge in [0.25, 0.3) is 0 Å². The number of nitrogens with one attached hydrogen (secondary N) is 1. The normalized spacial score (nSPS) is 29.8. The Kier molecular flexibility index (Phi) is 3.61. The molecule has 2 aliphatic rings. The Balaban J connectivity index is 1.76. The molecule has 0 aromatic heterocycles. The molecule has 4 heteroatoms. The molecule has 0 amide bonds. The van der Waals surface area contributed by atoms with E-state index < -0.39 is 0 Å². The molecule has 2 rings (SSSR count). The summed E-state index contributed by atoms with van der Waals surface area (Å²) in [6, 6.07) is 1.07. The second-order valence-corrected chi connectivity index (χ2v) is 4.87. The first-order chi connectivity index (χ1) is 7.18. The van der Waals surface area contributed by atoms with Crippen LogP contribution in [0.25, 0.3) is 0 Å². The summed E-state index contributed by atoms with van der Waals surface area (Å²) in [5, 5.41) is 12.9. The van der Waals surface area contributed by atoms with Gasteiger partial charge in [0.2, 0.25) is 0 Å². The molecule has 2 aliphatic heterocycles. The van der Waals surface area contributed by atoms with Gasteiger partial charge in [-0.05, 0) is 13.8 Å². The van der Waals surface area contributed by atoms with Crippen LogP contribution in [0.4, 0.5) is 0 Å². The highest BCUT2D eigenvalue weighted by Crippen LogP contribution is 2.13. The van der Waals surface area contributed by atoms with Crippen molar-refractivity contribution in [2.45, 2.75) is 32.0 Å². The zero-order chi connectivity index (χ0) is 10.8. The standard InChI is InChI=1S/C11H23N3O/c1-9(10(2)15)13-3-5-14(6-4-13)11-7-12-8-11/h9-12,15H,3-8H2,1-2H3. The lowest BCUT2D eigenvalue weighted by Crippen LogP contribution is -2.62. The zero-order valence-electron chi connectivity index (χ0n) is 9.82. The van der Waals surface area contributed by atoms with E-state index in [1.54, 1.807) is 0 Å². The zero-order valence-corrected chi connectivity index (χ0v) is 9.82. The molecule has 0 bridgehead atoms. The van der Waals surface area contributed by atoms with Crippen LogP contribution in [-0.2, 0) is 0 Å². The Morgan fingerprint density at radius 1 is 1.13 bits per heavy atom. The summed E-state index contributed by atoms with van der Waals surface area (Å²) in [7, 11) is 0. The molecule has 2 heterocycles. The lowest BCUT2D eigenvalue weighted by Gasteiger charge is -2.45. The lowest BCUT2D eigenvalue weighted by molar-refractivity contribution is 0.0156. The average Bonchev–Trinajstić information content (AvgIpc) is 2.15. The van der Waals surface area contributed by atoms with Gasteiger partial charge in [-0.25, -0.2) is 0 Å². The van der Waals surface area contributed by atoms with Crippen molar-refractivity contribution in [1.29, 1.82) is 0 Å². The van der Waals surface area contributed by atoms with Gasteiger partial charge in [0, 0.05) is 51.4 Å². The Bertz CT molecular complexity index is 198. The first-order valence-corrected chi connectivity index (χ1v) is 6.05. The SMILES string of the molecule is CC(O)C(C)N1CCN(C2CNC2)CC1. The van der Waals surface area contributed by atoms with Crippen LogP contribution in [0.2, 0.25) is 0 Å². The highest BCUT2D eigenvalue weighted by atomic mass is 16.3. The van der Waals surface area contributed by atoms with Gasteiger partial charge in [-0.15, -0.1) is 0 Å². The number of hydrogen-bond acceptors (Lipinski definition) is 4. The molecule has 0 spiro atoms. The summed E-state index contributed by atoms with van der Waals surface area (Å²) in [6.45, 7) is 10.8. The van der Waals surface area contributed by atoms with Crippen molar-refractivity contribution in [1.82, 2.24) is 15.1 Å². The van der Waals surface area contributed by atoms with E-state index in [0.29, 0.717) is 6.04 Å². The largest absolute Gasteiger partial charge is 0.392 e. The number of piperazine rings is 1. The van der Waals surface area contributed by atoms with Crippen molar-refractivity contribution < 1.29 is 5.11 Å². The fourth-order valence-electron chi connectivity index (χ4n) is 2.35. The second kappa shape index (κ2) is 4.78. The van der Waals surface area contributed by atoms with Crippen LogP contribution in [0.15, 0.2) is 0 Å². The van der Waals surface area contributed by atoms with Gasteiger partial charge in [0.1, 0.15) is 0 Å². The van der Waals surface area contributed by atoms with E-state index in [4.69, 9.17) is 0 Å². The molecule has 2 fully saturated rings. The molecule has 0 aromatic carbocycles. The smallest absolute Gasteiger partial charge is 0.0664 e. The monoisotopic (exact) mass is 213 g/mol. The van der Waals surface area contributed by atoms with Gasteiger partial charge >= 0.3 is 0 Å². The van der Waals surface area contributed by atoms with Gasteiger partial charge in [-0.2, -0.15) is 0 Å². The summed E-state index contributed by atoms with van der Waals surface area (Å²) >= 11 is 0. The molecule has 15 heavy (non-hydrogen) atoms. The van der Waals surface area contributed by atoms with Crippen LogP contribution < -0.4 is 5.32 Å². The quantitative estimate of drug-likeness (QED) is 0.653. The van der Waals surface area contributed by atoms with Crippen molar-refractivity contribution in [2.75, 3.05) is 39.3 Å². The van der Waals surface area contributed by atoms with Crippen LogP contribution in [0.1, 0.15) is 13.8 Å². The lowest BCUT2D eigenvalue weighted by atomic mass is 10.1. The van der Waals surface area contributed by atoms with E-state index in [0.717, 1.165) is 45.3 Å². The molecule has 2 saturated heterocycles. The molecule has 0 saturated carbocycles. The Morgan fingerprint density at radius 2 is 1.73 bits per heavy atom. The van der Waals surface area contributed by atoms with E-state index in [2.05, 4.69) is 22.0 Å². The summed E-state index contributed by atoms with van der Waals surface area (Å²) < 4.78 is 0. The first-order valence-electron chi connectivity index (χ1n) is 6.05. The van der Waals surface area contributed by atoms with Crippen molar-refractivity contribution in [3.05, 3.63) is 0 Å². The molecule has 0 aromatic rings. The molecule has 2 unspecified atom stereocenters. The minimum absolute atomic E-state index is 0.220. The molecule has 0 aliphatic carbocycles. The summed E-state index contributed by atoms with van der Waals surface area (Å²) in [4.78, 5) is 4.97. The maximum absolute atomic E-state index is 9.54. The van der Waals surface area contributed by atoms with Crippen LogP contribution in [0.5, 0.6) is 0 Å². The molecular formula is C11H23N3O. The highest BCUT2D eigenvalue weighted by Gasteiger charge is 2.29. The van der Waals surface area contributed by atoms with E-state index in [9.17, 15) is 5.11 Å². The Morgan fingerprint density at radius 3 is 2.13 bits per heavy atom. The third-order valence-corrected chi connectivity index (χ3v) is 3.90. The fourth-order valence-corrected chi connectivity index (χ4v) is 2.35. The summed E-state index contributed by atoms with van der Waals surface area (Å²) in [5.74, 6) is 0. The van der Waals surface area contributed by atoms with E-state index in [1.807, 2.05) is 6.92 Å². The van der Waals surface area contributed by atoms with Crippen molar-refractivity contribution >= 4 is 0 Å². The van der Waals surface area contributed by atoms with Crippen molar-refractivity contribution in [3.63, 3.8) is 0 Å². The van der Waals surface area contributed by atoms with Crippen molar-refractivity contribution in [3.8, 4) is 0 Å². The molecule has 4 nitrogen and oxygen atoms in total. The van der Waals surface area contributed by atoms with Gasteiger partial charge in [0.15, 0.2) is 0 Å². The number of rotatable bonds is 3. The van der Waals surface area contributed by atoms with E-state index >= 15 is 0 Å². The Labute approximate surface area is 92.2 Å². The van der Waals surface area contributed by atoms with E-state index in [1.165, 1.54) is 0 Å². The van der Waals surface area contributed by atoms with Crippen molar-refractivity contribution in [2.24, 2.45) is 0 Å². The number of aliphatic hydroxyl groups excluding tert-OH is 1. The number of hydrogen-bond donors (Lipinski definition) is 2. The number of nitrogens with zero attached hydrogens (tertiary/aromatic N) is 2. The van der Waals surface area contributed by atoms with Crippen LogP contribution in [0, 0.1) is 0 Å². The topological polar surface area (TPSA) is 38.7 Å².